The molecule has 10 radical (unpaired) electrons. The van der Waals surface area contributed by atoms with Crippen LogP contribution in [0.15, 0.2) is 0 Å². The standard InChI is InChI=1S/C16H26N5O2.C5H5.3C2HF3O2.Fe/c22-15(13-20-16(23)14-3-1-2-4-14)21-11-9-18-7-5-17-6-8-19-10-12-21;1-2-4-5-3-1;3*3-2(4,5)1(6)7;/h1-4,17-19H,5-13H2,(H,20,23);1-5H;3*(H,6,7);/q;;;;;+2. The van der Waals surface area contributed by atoms with Crippen molar-refractivity contribution in [1.82, 2.24) is 26.2 Å². The first-order chi connectivity index (χ1) is 22.6. The minimum Gasteiger partial charge on any atom is -0.475 e. The Hall–Kier alpha value is -2.88. The molecular formula is C27H34F9FeN5O8+2. The number of hydrogen-bond acceptors (Lipinski definition) is 8. The second-order valence-corrected chi connectivity index (χ2v) is 8.86. The molecule has 3 rings (SSSR count). The summed E-state index contributed by atoms with van der Waals surface area (Å²) in [7, 11) is 0. The molecule has 50 heavy (non-hydrogen) atoms. The number of carbonyl (C=O) groups excluding carboxylic acids is 2. The fourth-order valence-electron chi connectivity index (χ4n) is 2.73. The summed E-state index contributed by atoms with van der Waals surface area (Å²) in [5, 5.41) is 34.0. The minimum absolute atomic E-state index is 0. The van der Waals surface area contributed by atoms with Gasteiger partial charge in [-0.2, -0.15) is 39.5 Å². The van der Waals surface area contributed by atoms with Crippen LogP contribution in [0.2, 0.25) is 0 Å². The van der Waals surface area contributed by atoms with Crippen molar-refractivity contribution in [1.29, 1.82) is 0 Å². The number of hydrogen-bond donors (Lipinski definition) is 7. The van der Waals surface area contributed by atoms with Crippen molar-refractivity contribution in [2.24, 2.45) is 0 Å². The number of nitrogens with one attached hydrogen (secondary N) is 4. The fourth-order valence-corrected chi connectivity index (χ4v) is 2.73. The van der Waals surface area contributed by atoms with E-state index in [9.17, 15) is 49.1 Å². The molecule has 2 saturated carbocycles. The van der Waals surface area contributed by atoms with E-state index in [2.05, 4.69) is 21.3 Å². The van der Waals surface area contributed by atoms with Crippen LogP contribution in [0.1, 0.15) is 0 Å². The van der Waals surface area contributed by atoms with Crippen LogP contribution in [0.3, 0.4) is 0 Å². The Balaban J connectivity index is -0.000000667. The van der Waals surface area contributed by atoms with Crippen LogP contribution in [0, 0.1) is 63.7 Å². The summed E-state index contributed by atoms with van der Waals surface area (Å²) in [5.41, 5.74) is 0. The van der Waals surface area contributed by atoms with Gasteiger partial charge in [0.05, 0.1) is 12.5 Å². The quantitative estimate of drug-likeness (QED) is 0.160. The molecule has 2 aliphatic carbocycles. The van der Waals surface area contributed by atoms with Crippen LogP contribution in [0.25, 0.3) is 0 Å². The Morgan fingerprint density at radius 1 is 0.580 bits per heavy atom. The van der Waals surface area contributed by atoms with Gasteiger partial charge in [0.1, 0.15) is 0 Å². The van der Waals surface area contributed by atoms with E-state index in [1.807, 2.05) is 32.1 Å². The number of nitrogens with zero attached hydrogens (tertiary/aromatic N) is 1. The van der Waals surface area contributed by atoms with Gasteiger partial charge in [0, 0.05) is 52.4 Å². The van der Waals surface area contributed by atoms with E-state index in [1.165, 1.54) is 0 Å². The SMILES string of the molecule is O=C(NCC(=O)N1CCNCCNCCNCC1)[C]1[CH][CH][CH][CH]1.O=C(O)C(F)(F)F.O=C(O)C(F)(F)F.O=C(O)C(F)(F)F.[CH]1[CH][CH][CH][CH]1.[Fe+2]. The molecule has 3 fully saturated rings. The Morgan fingerprint density at radius 2 is 0.860 bits per heavy atom. The predicted octanol–water partition coefficient (Wildman–Crippen LogP) is 1.04. The zero-order valence-electron chi connectivity index (χ0n) is 25.6. The molecule has 0 unspecified atom stereocenters. The zero-order valence-corrected chi connectivity index (χ0v) is 26.7. The molecule has 0 aromatic carbocycles. The third kappa shape index (κ3) is 30.0. The van der Waals surface area contributed by atoms with Gasteiger partial charge in [0.2, 0.25) is 11.8 Å². The first-order valence-corrected chi connectivity index (χ1v) is 13.6. The van der Waals surface area contributed by atoms with Crippen LogP contribution in [0.5, 0.6) is 0 Å². The molecule has 0 aromatic rings. The molecule has 284 valence electrons. The van der Waals surface area contributed by atoms with Gasteiger partial charge in [-0.25, -0.2) is 14.4 Å². The molecule has 1 aliphatic heterocycles. The molecule has 13 nitrogen and oxygen atoms in total. The van der Waals surface area contributed by atoms with Gasteiger partial charge in [0.15, 0.2) is 0 Å². The molecule has 0 atom stereocenters. The van der Waals surface area contributed by atoms with Gasteiger partial charge in [0.25, 0.3) is 0 Å². The number of carbonyl (C=O) groups is 5. The third-order valence-corrected chi connectivity index (χ3v) is 5.03. The second kappa shape index (κ2) is 27.8. The average molecular weight is 783 g/mol. The summed E-state index contributed by atoms with van der Waals surface area (Å²) in [6, 6.07) is 0. The van der Waals surface area contributed by atoms with Gasteiger partial charge in [-0.15, -0.1) is 0 Å². The van der Waals surface area contributed by atoms with Crippen LogP contribution < -0.4 is 21.3 Å². The number of halogens is 9. The normalized spacial score (nSPS) is 17.3. The Morgan fingerprint density at radius 3 is 1.14 bits per heavy atom. The fraction of sp³-hybridized carbons (Fsp3) is 0.444. The number of carboxylic acid groups (broad SMARTS) is 3. The van der Waals surface area contributed by atoms with Crippen molar-refractivity contribution in [2.45, 2.75) is 18.5 Å². The molecule has 1 saturated heterocycles. The van der Waals surface area contributed by atoms with E-state index < -0.39 is 36.4 Å². The summed E-state index contributed by atoms with van der Waals surface area (Å²) < 4.78 is 95.2. The largest absolute Gasteiger partial charge is 2.00 e. The summed E-state index contributed by atoms with van der Waals surface area (Å²) in [6.45, 7) is 6.45. The molecule has 7 N–H and O–H groups in total. The summed E-state index contributed by atoms with van der Waals surface area (Å²) in [5.74, 6) is -7.95. The van der Waals surface area contributed by atoms with Gasteiger partial charge >= 0.3 is 53.5 Å². The first kappa shape index (κ1) is 51.5. The summed E-state index contributed by atoms with van der Waals surface area (Å²) in [6.07, 6.45) is 1.83. The van der Waals surface area contributed by atoms with E-state index in [4.69, 9.17) is 29.7 Å². The first-order valence-electron chi connectivity index (χ1n) is 13.6. The number of rotatable bonds is 3. The Labute approximate surface area is 292 Å². The maximum absolute atomic E-state index is 12.3. The molecule has 23 heteroatoms. The maximum atomic E-state index is 12.3. The van der Waals surface area contributed by atoms with Crippen LogP contribution in [0.4, 0.5) is 39.5 Å². The van der Waals surface area contributed by atoms with Gasteiger partial charge in [-0.1, -0.05) is 0 Å². The minimum atomic E-state index is -5.08. The number of carboxylic acids is 3. The molecule has 2 amide bonds. The molecule has 1 heterocycles. The zero-order chi connectivity index (χ0) is 38.1. The van der Waals surface area contributed by atoms with Crippen molar-refractivity contribution in [3.05, 3.63) is 63.7 Å². The topological polar surface area (TPSA) is 197 Å². The van der Waals surface area contributed by atoms with Crippen molar-refractivity contribution in [2.75, 3.05) is 58.9 Å². The van der Waals surface area contributed by atoms with Gasteiger partial charge < -0.3 is 41.5 Å². The summed E-state index contributed by atoms with van der Waals surface area (Å²) >= 11 is 0. The second-order valence-electron chi connectivity index (χ2n) is 8.86. The molecule has 3 aliphatic rings. The van der Waals surface area contributed by atoms with Gasteiger partial charge in [-0.3, -0.25) is 9.59 Å². The van der Waals surface area contributed by atoms with Crippen molar-refractivity contribution >= 4 is 29.7 Å². The smallest absolute Gasteiger partial charge is 0.475 e. The molecular weight excluding hydrogens is 749 g/mol. The van der Waals surface area contributed by atoms with E-state index in [0.717, 1.165) is 39.3 Å². The van der Waals surface area contributed by atoms with E-state index >= 15 is 0 Å². The molecule has 0 aromatic heterocycles. The maximum Gasteiger partial charge on any atom is 2.00 e. The van der Waals surface area contributed by atoms with Crippen LogP contribution >= 0.6 is 0 Å². The van der Waals surface area contributed by atoms with Gasteiger partial charge in [-0.05, 0) is 57.8 Å². The van der Waals surface area contributed by atoms with E-state index in [0.29, 0.717) is 19.0 Å². The third-order valence-electron chi connectivity index (χ3n) is 5.03. The van der Waals surface area contributed by atoms with Crippen molar-refractivity contribution < 1.29 is 95.9 Å². The Kier molecular flexibility index (Phi) is 28.6. The van der Waals surface area contributed by atoms with E-state index in [1.54, 1.807) is 30.6 Å². The number of aliphatic carboxylic acids is 3. The van der Waals surface area contributed by atoms with E-state index in [-0.39, 0.29) is 35.4 Å². The Bertz CT molecular complexity index is 904. The average Bonchev–Trinajstić information content (AvgIpc) is 3.74. The molecule has 0 bridgehead atoms. The van der Waals surface area contributed by atoms with Crippen molar-refractivity contribution in [3.8, 4) is 0 Å². The monoisotopic (exact) mass is 783 g/mol. The summed E-state index contributed by atoms with van der Waals surface area (Å²) in [4.78, 5) is 52.7. The van der Waals surface area contributed by atoms with Crippen LogP contribution in [-0.4, -0.2) is 127 Å². The number of alkyl halides is 9. The molecule has 0 spiro atoms. The van der Waals surface area contributed by atoms with Crippen molar-refractivity contribution in [3.63, 3.8) is 0 Å². The predicted molar refractivity (Wildman–Crippen MR) is 151 cm³/mol. The number of amides is 2. The van der Waals surface area contributed by atoms with Crippen LogP contribution in [-0.2, 0) is 41.0 Å².